The van der Waals surface area contributed by atoms with Crippen LogP contribution >= 0.6 is 0 Å². The Kier molecular flexibility index (Phi) is 3.82. The molecule has 2 saturated carbocycles. The highest BCUT2D eigenvalue weighted by atomic mass is 16.5. The molecular formula is C12H22N2O2. The predicted molar refractivity (Wildman–Crippen MR) is 62.2 cm³/mol. The van der Waals surface area contributed by atoms with Gasteiger partial charge in [-0.1, -0.05) is 0 Å². The Morgan fingerprint density at radius 1 is 1.31 bits per heavy atom. The zero-order valence-electron chi connectivity index (χ0n) is 10.2. The summed E-state index contributed by atoms with van der Waals surface area (Å²) in [5, 5.41) is 6.39. The van der Waals surface area contributed by atoms with Gasteiger partial charge in [0.1, 0.15) is 0 Å². The van der Waals surface area contributed by atoms with Crippen molar-refractivity contribution in [3.8, 4) is 0 Å². The molecule has 0 spiro atoms. The number of nitrogens with one attached hydrogen (secondary N) is 2. The van der Waals surface area contributed by atoms with Crippen LogP contribution in [0.1, 0.15) is 39.0 Å². The molecule has 2 N–H and O–H groups in total. The molecule has 3 atom stereocenters. The van der Waals surface area contributed by atoms with Crippen molar-refractivity contribution in [2.24, 2.45) is 0 Å². The zero-order chi connectivity index (χ0) is 11.5. The van der Waals surface area contributed by atoms with Gasteiger partial charge in [-0.3, -0.25) is 4.79 Å². The van der Waals surface area contributed by atoms with Crippen LogP contribution in [0.15, 0.2) is 0 Å². The highest BCUT2D eigenvalue weighted by molar-refractivity contribution is 5.81. The number of rotatable bonds is 5. The SMILES string of the molecule is COC1CCCC1NC(C)C(=O)NC1CC1. The topological polar surface area (TPSA) is 50.4 Å². The van der Waals surface area contributed by atoms with Gasteiger partial charge < -0.3 is 15.4 Å². The quantitative estimate of drug-likeness (QED) is 0.729. The smallest absolute Gasteiger partial charge is 0.237 e. The number of methoxy groups -OCH3 is 1. The van der Waals surface area contributed by atoms with E-state index in [-0.39, 0.29) is 18.1 Å². The summed E-state index contributed by atoms with van der Waals surface area (Å²) in [6, 6.07) is 0.671. The molecule has 3 unspecified atom stereocenters. The summed E-state index contributed by atoms with van der Waals surface area (Å²) in [5.41, 5.74) is 0. The van der Waals surface area contributed by atoms with E-state index in [9.17, 15) is 4.79 Å². The fraction of sp³-hybridized carbons (Fsp3) is 0.917. The van der Waals surface area contributed by atoms with Gasteiger partial charge in [-0.15, -0.1) is 0 Å². The van der Waals surface area contributed by atoms with Gasteiger partial charge in [0.2, 0.25) is 5.91 Å². The fourth-order valence-electron chi connectivity index (χ4n) is 2.35. The minimum absolute atomic E-state index is 0.110. The molecule has 0 saturated heterocycles. The van der Waals surface area contributed by atoms with Crippen LogP contribution in [0.25, 0.3) is 0 Å². The number of ether oxygens (including phenoxy) is 1. The second kappa shape index (κ2) is 5.15. The van der Waals surface area contributed by atoms with Crippen molar-refractivity contribution in [1.29, 1.82) is 0 Å². The molecule has 2 fully saturated rings. The van der Waals surface area contributed by atoms with E-state index < -0.39 is 0 Å². The van der Waals surface area contributed by atoms with Gasteiger partial charge in [0, 0.05) is 19.2 Å². The van der Waals surface area contributed by atoms with E-state index in [2.05, 4.69) is 10.6 Å². The first-order valence-corrected chi connectivity index (χ1v) is 6.30. The number of hydrogen-bond donors (Lipinski definition) is 2. The van der Waals surface area contributed by atoms with Crippen molar-refractivity contribution in [2.45, 2.75) is 63.3 Å². The molecule has 0 radical (unpaired) electrons. The van der Waals surface area contributed by atoms with E-state index in [1.54, 1.807) is 7.11 Å². The fourth-order valence-corrected chi connectivity index (χ4v) is 2.35. The molecule has 92 valence electrons. The molecule has 2 aliphatic rings. The average Bonchev–Trinajstić information content (AvgIpc) is 2.96. The Bertz CT molecular complexity index is 253. The number of hydrogen-bond acceptors (Lipinski definition) is 3. The summed E-state index contributed by atoms with van der Waals surface area (Å²) in [7, 11) is 1.75. The van der Waals surface area contributed by atoms with Gasteiger partial charge >= 0.3 is 0 Å². The van der Waals surface area contributed by atoms with Crippen molar-refractivity contribution in [3.63, 3.8) is 0 Å². The van der Waals surface area contributed by atoms with Crippen LogP contribution in [0, 0.1) is 0 Å². The van der Waals surface area contributed by atoms with E-state index in [0.29, 0.717) is 12.1 Å². The summed E-state index contributed by atoms with van der Waals surface area (Å²) >= 11 is 0. The second-order valence-corrected chi connectivity index (χ2v) is 4.98. The standard InChI is InChI=1S/C12H22N2O2/c1-8(12(15)14-9-6-7-9)13-10-4-3-5-11(10)16-2/h8-11,13H,3-7H2,1-2H3,(H,14,15). The summed E-state index contributed by atoms with van der Waals surface area (Å²) in [6.07, 6.45) is 5.96. The third-order valence-corrected chi connectivity index (χ3v) is 3.54. The van der Waals surface area contributed by atoms with Gasteiger partial charge in [0.15, 0.2) is 0 Å². The minimum atomic E-state index is -0.110. The van der Waals surface area contributed by atoms with E-state index in [1.807, 2.05) is 6.92 Å². The van der Waals surface area contributed by atoms with E-state index in [1.165, 1.54) is 6.42 Å². The first-order chi connectivity index (χ1) is 7.70. The van der Waals surface area contributed by atoms with Crippen molar-refractivity contribution in [3.05, 3.63) is 0 Å². The maximum absolute atomic E-state index is 11.8. The third kappa shape index (κ3) is 2.95. The average molecular weight is 226 g/mol. The molecule has 2 aliphatic carbocycles. The highest BCUT2D eigenvalue weighted by Gasteiger charge is 2.31. The monoisotopic (exact) mass is 226 g/mol. The lowest BCUT2D eigenvalue weighted by Crippen LogP contribution is -2.49. The van der Waals surface area contributed by atoms with Crippen molar-refractivity contribution in [2.75, 3.05) is 7.11 Å². The summed E-state index contributed by atoms with van der Waals surface area (Å²) in [6.45, 7) is 1.93. The molecule has 0 aromatic rings. The molecule has 4 heteroatoms. The summed E-state index contributed by atoms with van der Waals surface area (Å²) in [5.74, 6) is 0.129. The Hall–Kier alpha value is -0.610. The van der Waals surface area contributed by atoms with Gasteiger partial charge in [0.05, 0.1) is 12.1 Å². The molecule has 0 aromatic heterocycles. The molecule has 0 aliphatic heterocycles. The molecule has 0 heterocycles. The number of amides is 1. The van der Waals surface area contributed by atoms with E-state index in [0.717, 1.165) is 25.7 Å². The minimum Gasteiger partial charge on any atom is -0.380 e. The van der Waals surface area contributed by atoms with E-state index in [4.69, 9.17) is 4.74 Å². The first-order valence-electron chi connectivity index (χ1n) is 6.30. The summed E-state index contributed by atoms with van der Waals surface area (Å²) < 4.78 is 5.40. The van der Waals surface area contributed by atoms with Crippen LogP contribution in [0.3, 0.4) is 0 Å². The van der Waals surface area contributed by atoms with Gasteiger partial charge in [-0.05, 0) is 39.0 Å². The molecule has 2 rings (SSSR count). The summed E-state index contributed by atoms with van der Waals surface area (Å²) in [4.78, 5) is 11.8. The Morgan fingerprint density at radius 3 is 2.69 bits per heavy atom. The van der Waals surface area contributed by atoms with Crippen molar-refractivity contribution < 1.29 is 9.53 Å². The first kappa shape index (κ1) is 11.9. The van der Waals surface area contributed by atoms with Crippen LogP contribution < -0.4 is 10.6 Å². The lowest BCUT2D eigenvalue weighted by atomic mass is 10.1. The number of carbonyl (C=O) groups excluding carboxylic acids is 1. The maximum Gasteiger partial charge on any atom is 0.237 e. The molecular weight excluding hydrogens is 204 g/mol. The maximum atomic E-state index is 11.8. The molecule has 0 aromatic carbocycles. The number of carbonyl (C=O) groups is 1. The largest absolute Gasteiger partial charge is 0.380 e. The third-order valence-electron chi connectivity index (χ3n) is 3.54. The van der Waals surface area contributed by atoms with Crippen molar-refractivity contribution >= 4 is 5.91 Å². The normalized spacial score (nSPS) is 31.4. The molecule has 1 amide bonds. The van der Waals surface area contributed by atoms with Crippen LogP contribution in [0.4, 0.5) is 0 Å². The van der Waals surface area contributed by atoms with Gasteiger partial charge in [-0.25, -0.2) is 0 Å². The van der Waals surface area contributed by atoms with Crippen molar-refractivity contribution in [1.82, 2.24) is 10.6 Å². The molecule has 16 heavy (non-hydrogen) atoms. The predicted octanol–water partition coefficient (Wildman–Crippen LogP) is 0.811. The lowest BCUT2D eigenvalue weighted by molar-refractivity contribution is -0.123. The highest BCUT2D eigenvalue weighted by Crippen LogP contribution is 2.22. The Balaban J connectivity index is 1.76. The molecule has 4 nitrogen and oxygen atoms in total. The van der Waals surface area contributed by atoms with Crippen LogP contribution in [0.2, 0.25) is 0 Å². The van der Waals surface area contributed by atoms with Gasteiger partial charge in [0.25, 0.3) is 0 Å². The Labute approximate surface area is 97.1 Å². The zero-order valence-corrected chi connectivity index (χ0v) is 10.2. The lowest BCUT2D eigenvalue weighted by Gasteiger charge is -2.23. The van der Waals surface area contributed by atoms with Crippen LogP contribution in [-0.2, 0) is 9.53 Å². The van der Waals surface area contributed by atoms with Crippen LogP contribution in [-0.4, -0.2) is 37.2 Å². The Morgan fingerprint density at radius 2 is 2.06 bits per heavy atom. The molecule has 0 bridgehead atoms. The van der Waals surface area contributed by atoms with Crippen LogP contribution in [0.5, 0.6) is 0 Å². The second-order valence-electron chi connectivity index (χ2n) is 4.98. The van der Waals surface area contributed by atoms with Gasteiger partial charge in [-0.2, -0.15) is 0 Å². The van der Waals surface area contributed by atoms with E-state index >= 15 is 0 Å².